The minimum Gasteiger partial charge on any atom is -0.467 e. The summed E-state index contributed by atoms with van der Waals surface area (Å²) in [5, 5.41) is 0. The van der Waals surface area contributed by atoms with Crippen LogP contribution in [-0.4, -0.2) is 27.8 Å². The number of carbonyl (C=O) groups excluding carboxylic acids is 1. The second-order valence-electron chi connectivity index (χ2n) is 4.50. The lowest BCUT2D eigenvalue weighted by Gasteiger charge is -2.15. The number of furan rings is 1. The second kappa shape index (κ2) is 5.13. The Morgan fingerprint density at radius 1 is 1.20 bits per heavy atom. The minimum absolute atomic E-state index is 0.0750. The molecule has 0 saturated heterocycles. The van der Waals surface area contributed by atoms with E-state index in [4.69, 9.17) is 4.42 Å². The first-order chi connectivity index (χ1) is 9.74. The van der Waals surface area contributed by atoms with Crippen LogP contribution in [0.2, 0.25) is 0 Å². The first-order valence-corrected chi connectivity index (χ1v) is 6.22. The van der Waals surface area contributed by atoms with Crippen molar-refractivity contribution >= 4 is 16.9 Å². The number of aromatic nitrogens is 2. The van der Waals surface area contributed by atoms with Gasteiger partial charge in [0.15, 0.2) is 0 Å². The van der Waals surface area contributed by atoms with Crippen LogP contribution in [-0.2, 0) is 6.54 Å². The Morgan fingerprint density at radius 3 is 2.75 bits per heavy atom. The predicted molar refractivity (Wildman–Crippen MR) is 74.0 cm³/mol. The van der Waals surface area contributed by atoms with Crippen molar-refractivity contribution in [2.75, 3.05) is 7.05 Å². The van der Waals surface area contributed by atoms with E-state index >= 15 is 0 Å². The topological polar surface area (TPSA) is 59.2 Å². The SMILES string of the molecule is CN(Cc1ccco1)C(=O)c1ccc2nccnc2c1. The van der Waals surface area contributed by atoms with Crippen molar-refractivity contribution in [1.29, 1.82) is 0 Å². The molecule has 2 aromatic heterocycles. The van der Waals surface area contributed by atoms with Gasteiger partial charge in [0.05, 0.1) is 23.8 Å². The first-order valence-electron chi connectivity index (χ1n) is 6.22. The molecule has 1 aromatic carbocycles. The third-order valence-corrected chi connectivity index (χ3v) is 3.04. The van der Waals surface area contributed by atoms with Crippen LogP contribution in [0.1, 0.15) is 16.1 Å². The maximum absolute atomic E-state index is 12.4. The van der Waals surface area contributed by atoms with E-state index in [0.717, 1.165) is 11.3 Å². The van der Waals surface area contributed by atoms with Gasteiger partial charge in [0.2, 0.25) is 0 Å². The molecule has 20 heavy (non-hydrogen) atoms. The molecule has 0 aliphatic heterocycles. The number of benzene rings is 1. The van der Waals surface area contributed by atoms with Gasteiger partial charge in [-0.15, -0.1) is 0 Å². The van der Waals surface area contributed by atoms with Crippen LogP contribution < -0.4 is 0 Å². The van der Waals surface area contributed by atoms with Crippen LogP contribution >= 0.6 is 0 Å². The summed E-state index contributed by atoms with van der Waals surface area (Å²) in [6, 6.07) is 8.96. The third-order valence-electron chi connectivity index (χ3n) is 3.04. The average molecular weight is 267 g/mol. The molecule has 0 bridgehead atoms. The van der Waals surface area contributed by atoms with Crippen molar-refractivity contribution < 1.29 is 9.21 Å². The molecule has 0 unspecified atom stereocenters. The van der Waals surface area contributed by atoms with E-state index in [1.165, 1.54) is 0 Å². The van der Waals surface area contributed by atoms with Crippen molar-refractivity contribution in [2.45, 2.75) is 6.54 Å². The molecule has 100 valence electrons. The lowest BCUT2D eigenvalue weighted by molar-refractivity contribution is 0.0775. The molecule has 0 aliphatic rings. The van der Waals surface area contributed by atoms with Gasteiger partial charge in [-0.2, -0.15) is 0 Å². The highest BCUT2D eigenvalue weighted by atomic mass is 16.3. The van der Waals surface area contributed by atoms with Crippen LogP contribution in [0.3, 0.4) is 0 Å². The van der Waals surface area contributed by atoms with Gasteiger partial charge in [-0.3, -0.25) is 14.8 Å². The molecule has 0 radical (unpaired) electrons. The molecule has 0 fully saturated rings. The highest BCUT2D eigenvalue weighted by Crippen LogP contribution is 2.14. The summed E-state index contributed by atoms with van der Waals surface area (Å²) in [5.41, 5.74) is 2.08. The van der Waals surface area contributed by atoms with E-state index in [2.05, 4.69) is 9.97 Å². The first kappa shape index (κ1) is 12.3. The molecule has 3 rings (SSSR count). The molecule has 2 heterocycles. The predicted octanol–water partition coefficient (Wildman–Crippen LogP) is 2.50. The Hall–Kier alpha value is -2.69. The molecule has 0 aliphatic carbocycles. The molecular weight excluding hydrogens is 254 g/mol. The fraction of sp³-hybridized carbons (Fsp3) is 0.133. The Kier molecular flexibility index (Phi) is 3.16. The van der Waals surface area contributed by atoms with Crippen LogP contribution in [0, 0.1) is 0 Å². The van der Waals surface area contributed by atoms with E-state index in [0.29, 0.717) is 17.6 Å². The van der Waals surface area contributed by atoms with E-state index in [1.54, 1.807) is 54.9 Å². The van der Waals surface area contributed by atoms with Gasteiger partial charge < -0.3 is 9.32 Å². The van der Waals surface area contributed by atoms with Crippen molar-refractivity contribution in [3.05, 3.63) is 60.3 Å². The van der Waals surface area contributed by atoms with Crippen LogP contribution in [0.5, 0.6) is 0 Å². The molecule has 0 atom stereocenters. The van der Waals surface area contributed by atoms with Crippen molar-refractivity contribution in [2.24, 2.45) is 0 Å². The largest absolute Gasteiger partial charge is 0.467 e. The van der Waals surface area contributed by atoms with Crippen molar-refractivity contribution in [3.8, 4) is 0 Å². The summed E-state index contributed by atoms with van der Waals surface area (Å²) >= 11 is 0. The number of nitrogens with zero attached hydrogens (tertiary/aromatic N) is 3. The molecular formula is C15H13N3O2. The van der Waals surface area contributed by atoms with Gasteiger partial charge in [-0.25, -0.2) is 0 Å². The Labute approximate surface area is 115 Å². The normalized spacial score (nSPS) is 10.7. The van der Waals surface area contributed by atoms with Crippen molar-refractivity contribution in [1.82, 2.24) is 14.9 Å². The Balaban J connectivity index is 1.84. The lowest BCUT2D eigenvalue weighted by Crippen LogP contribution is -2.25. The van der Waals surface area contributed by atoms with Gasteiger partial charge in [0.25, 0.3) is 5.91 Å². The molecule has 0 spiro atoms. The molecule has 5 heteroatoms. The van der Waals surface area contributed by atoms with E-state index in [1.807, 2.05) is 6.07 Å². The van der Waals surface area contributed by atoms with Gasteiger partial charge >= 0.3 is 0 Å². The van der Waals surface area contributed by atoms with E-state index in [9.17, 15) is 4.79 Å². The Morgan fingerprint density at radius 2 is 2.00 bits per heavy atom. The lowest BCUT2D eigenvalue weighted by atomic mass is 10.1. The average Bonchev–Trinajstić information content (AvgIpc) is 2.99. The number of amides is 1. The molecule has 1 amide bonds. The molecule has 0 N–H and O–H groups in total. The summed E-state index contributed by atoms with van der Waals surface area (Å²) < 4.78 is 5.24. The second-order valence-corrected chi connectivity index (χ2v) is 4.50. The summed E-state index contributed by atoms with van der Waals surface area (Å²) in [6.07, 6.45) is 4.84. The number of hydrogen-bond acceptors (Lipinski definition) is 4. The highest BCUT2D eigenvalue weighted by molar-refractivity contribution is 5.97. The van der Waals surface area contributed by atoms with Crippen molar-refractivity contribution in [3.63, 3.8) is 0 Å². The molecule has 5 nitrogen and oxygen atoms in total. The zero-order chi connectivity index (χ0) is 13.9. The van der Waals surface area contributed by atoms with Gasteiger partial charge in [-0.1, -0.05) is 0 Å². The molecule has 0 saturated carbocycles. The van der Waals surface area contributed by atoms with Crippen LogP contribution in [0.4, 0.5) is 0 Å². The summed E-state index contributed by atoms with van der Waals surface area (Å²) in [5.74, 6) is 0.676. The smallest absolute Gasteiger partial charge is 0.254 e. The monoisotopic (exact) mass is 267 g/mol. The van der Waals surface area contributed by atoms with Gasteiger partial charge in [0.1, 0.15) is 5.76 Å². The highest BCUT2D eigenvalue weighted by Gasteiger charge is 2.13. The maximum Gasteiger partial charge on any atom is 0.254 e. The zero-order valence-electron chi connectivity index (χ0n) is 11.0. The number of carbonyl (C=O) groups is 1. The summed E-state index contributed by atoms with van der Waals surface area (Å²) in [4.78, 5) is 22.4. The van der Waals surface area contributed by atoms with Gasteiger partial charge in [-0.05, 0) is 30.3 Å². The quantitative estimate of drug-likeness (QED) is 0.731. The van der Waals surface area contributed by atoms with E-state index in [-0.39, 0.29) is 5.91 Å². The van der Waals surface area contributed by atoms with Crippen LogP contribution in [0.15, 0.2) is 53.4 Å². The summed E-state index contributed by atoms with van der Waals surface area (Å²) in [6.45, 7) is 0.435. The fourth-order valence-electron chi connectivity index (χ4n) is 2.02. The fourth-order valence-corrected chi connectivity index (χ4v) is 2.02. The minimum atomic E-state index is -0.0750. The summed E-state index contributed by atoms with van der Waals surface area (Å²) in [7, 11) is 1.74. The number of hydrogen-bond donors (Lipinski definition) is 0. The maximum atomic E-state index is 12.4. The third kappa shape index (κ3) is 2.38. The zero-order valence-corrected chi connectivity index (χ0v) is 11.0. The number of rotatable bonds is 3. The Bertz CT molecular complexity index is 738. The standard InChI is InChI=1S/C15H13N3O2/c1-18(10-12-3-2-8-20-12)15(19)11-4-5-13-14(9-11)17-7-6-16-13/h2-9H,10H2,1H3. The number of fused-ring (bicyclic) bond motifs is 1. The van der Waals surface area contributed by atoms with E-state index < -0.39 is 0 Å². The van der Waals surface area contributed by atoms with Gasteiger partial charge in [0, 0.05) is 25.0 Å². The molecule has 3 aromatic rings. The van der Waals surface area contributed by atoms with Crippen LogP contribution in [0.25, 0.3) is 11.0 Å².